The zero-order valence-electron chi connectivity index (χ0n) is 8.82. The second-order valence-corrected chi connectivity index (χ2v) is 3.78. The number of halogens is 1. The summed E-state index contributed by atoms with van der Waals surface area (Å²) in [5.41, 5.74) is 6.09. The summed E-state index contributed by atoms with van der Waals surface area (Å²) in [6.07, 6.45) is 4.81. The zero-order chi connectivity index (χ0) is 11.5. The second kappa shape index (κ2) is 4.35. The molecule has 4 heteroatoms. The van der Waals surface area contributed by atoms with Crippen LogP contribution in [-0.2, 0) is 0 Å². The highest BCUT2D eigenvalue weighted by molar-refractivity contribution is 5.95. The molecule has 1 aliphatic rings. The predicted molar refractivity (Wildman–Crippen MR) is 60.5 cm³/mol. The van der Waals surface area contributed by atoms with Crippen LogP contribution >= 0.6 is 0 Å². The molecule has 0 saturated heterocycles. The van der Waals surface area contributed by atoms with E-state index in [4.69, 9.17) is 5.73 Å². The first kappa shape index (κ1) is 10.7. The van der Waals surface area contributed by atoms with Crippen molar-refractivity contribution in [2.45, 2.75) is 6.42 Å². The Kier molecular flexibility index (Phi) is 2.90. The van der Waals surface area contributed by atoms with Crippen LogP contribution < -0.4 is 5.73 Å². The minimum Gasteiger partial charge on any atom is -0.399 e. The quantitative estimate of drug-likeness (QED) is 0.579. The van der Waals surface area contributed by atoms with Gasteiger partial charge in [-0.25, -0.2) is 4.39 Å². The smallest absolute Gasteiger partial charge is 0.254 e. The Labute approximate surface area is 93.4 Å². The Morgan fingerprint density at radius 2 is 2.12 bits per heavy atom. The number of nitrogens with two attached hydrogens (primary N) is 1. The Morgan fingerprint density at radius 3 is 2.75 bits per heavy atom. The lowest BCUT2D eigenvalue weighted by Crippen LogP contribution is -2.33. The Balaban J connectivity index is 2.23. The minimum absolute atomic E-state index is 0.171. The molecule has 1 aromatic carbocycles. The van der Waals surface area contributed by atoms with Gasteiger partial charge in [0.05, 0.1) is 0 Å². The van der Waals surface area contributed by atoms with Crippen molar-refractivity contribution >= 4 is 11.6 Å². The van der Waals surface area contributed by atoms with Gasteiger partial charge in [-0.3, -0.25) is 4.79 Å². The second-order valence-electron chi connectivity index (χ2n) is 3.78. The molecule has 1 aromatic rings. The summed E-state index contributed by atoms with van der Waals surface area (Å²) in [4.78, 5) is 13.6. The number of hydrogen-bond donors (Lipinski definition) is 1. The highest BCUT2D eigenvalue weighted by Crippen LogP contribution is 2.14. The normalized spacial score (nSPS) is 15.2. The third-order valence-corrected chi connectivity index (χ3v) is 2.51. The van der Waals surface area contributed by atoms with Crippen LogP contribution in [0.3, 0.4) is 0 Å². The number of hydrogen-bond acceptors (Lipinski definition) is 2. The van der Waals surface area contributed by atoms with Gasteiger partial charge in [-0.2, -0.15) is 0 Å². The summed E-state index contributed by atoms with van der Waals surface area (Å²) in [5, 5.41) is 0. The third kappa shape index (κ3) is 2.21. The molecule has 0 saturated carbocycles. The van der Waals surface area contributed by atoms with E-state index in [9.17, 15) is 9.18 Å². The molecule has 3 nitrogen and oxygen atoms in total. The number of benzene rings is 1. The number of anilines is 1. The van der Waals surface area contributed by atoms with Gasteiger partial charge in [0.15, 0.2) is 0 Å². The van der Waals surface area contributed by atoms with E-state index in [1.807, 2.05) is 12.2 Å². The Morgan fingerprint density at radius 1 is 1.31 bits per heavy atom. The third-order valence-electron chi connectivity index (χ3n) is 2.51. The summed E-state index contributed by atoms with van der Waals surface area (Å²) in [7, 11) is 0. The molecule has 16 heavy (non-hydrogen) atoms. The molecule has 1 amide bonds. The van der Waals surface area contributed by atoms with E-state index in [1.54, 1.807) is 4.90 Å². The molecule has 84 valence electrons. The first-order valence-electron chi connectivity index (χ1n) is 5.17. The number of nitrogens with zero attached hydrogens (tertiary/aromatic N) is 1. The van der Waals surface area contributed by atoms with Gasteiger partial charge in [0.2, 0.25) is 0 Å². The van der Waals surface area contributed by atoms with E-state index < -0.39 is 5.82 Å². The van der Waals surface area contributed by atoms with E-state index in [2.05, 4.69) is 0 Å². The summed E-state index contributed by atoms with van der Waals surface area (Å²) in [6.45, 7) is 1.25. The zero-order valence-corrected chi connectivity index (χ0v) is 8.82. The fourth-order valence-electron chi connectivity index (χ4n) is 1.74. The van der Waals surface area contributed by atoms with E-state index in [0.29, 0.717) is 18.7 Å². The van der Waals surface area contributed by atoms with E-state index in [0.717, 1.165) is 6.42 Å². The van der Waals surface area contributed by atoms with Crippen LogP contribution in [-0.4, -0.2) is 23.9 Å². The molecular weight excluding hydrogens is 207 g/mol. The molecule has 0 fully saturated rings. The molecule has 0 bridgehead atoms. The van der Waals surface area contributed by atoms with E-state index in [-0.39, 0.29) is 11.6 Å². The van der Waals surface area contributed by atoms with Crippen molar-refractivity contribution in [1.82, 2.24) is 4.90 Å². The van der Waals surface area contributed by atoms with E-state index in [1.165, 1.54) is 18.2 Å². The Bertz CT molecular complexity index is 422. The van der Waals surface area contributed by atoms with Crippen molar-refractivity contribution < 1.29 is 9.18 Å². The highest BCUT2D eigenvalue weighted by atomic mass is 19.1. The standard InChI is InChI=1S/C12H13FN2O/c13-10-6-9(7-11(14)8-10)12(16)15-4-2-1-3-5-15/h1-2,6-8H,3-5,14H2. The van der Waals surface area contributed by atoms with Gasteiger partial charge < -0.3 is 10.6 Å². The molecule has 0 aromatic heterocycles. The lowest BCUT2D eigenvalue weighted by molar-refractivity contribution is 0.0770. The van der Waals surface area contributed by atoms with Gasteiger partial charge in [-0.15, -0.1) is 0 Å². The monoisotopic (exact) mass is 220 g/mol. The van der Waals surface area contributed by atoms with Crippen molar-refractivity contribution in [3.63, 3.8) is 0 Å². The molecular formula is C12H13FN2O. The number of carbonyl (C=O) groups excluding carboxylic acids is 1. The lowest BCUT2D eigenvalue weighted by atomic mass is 10.1. The summed E-state index contributed by atoms with van der Waals surface area (Å²) < 4.78 is 13.1. The van der Waals surface area contributed by atoms with Crippen LogP contribution in [0.5, 0.6) is 0 Å². The average molecular weight is 220 g/mol. The molecule has 1 aliphatic heterocycles. The molecule has 2 N–H and O–H groups in total. The minimum atomic E-state index is -0.476. The molecule has 0 radical (unpaired) electrons. The van der Waals surface area contributed by atoms with Crippen LogP contribution in [0.2, 0.25) is 0 Å². The average Bonchev–Trinajstić information content (AvgIpc) is 2.28. The van der Waals surface area contributed by atoms with Crippen molar-refractivity contribution in [2.75, 3.05) is 18.8 Å². The van der Waals surface area contributed by atoms with Gasteiger partial charge in [-0.05, 0) is 24.6 Å². The van der Waals surface area contributed by atoms with Gasteiger partial charge in [0.25, 0.3) is 5.91 Å². The van der Waals surface area contributed by atoms with Gasteiger partial charge >= 0.3 is 0 Å². The van der Waals surface area contributed by atoms with Crippen LogP contribution in [0.25, 0.3) is 0 Å². The number of amides is 1. The maximum Gasteiger partial charge on any atom is 0.254 e. The molecule has 2 rings (SSSR count). The maximum atomic E-state index is 13.1. The summed E-state index contributed by atoms with van der Waals surface area (Å²) >= 11 is 0. The maximum absolute atomic E-state index is 13.1. The van der Waals surface area contributed by atoms with Crippen molar-refractivity contribution in [1.29, 1.82) is 0 Å². The summed E-state index contributed by atoms with van der Waals surface area (Å²) in [6, 6.07) is 3.92. The van der Waals surface area contributed by atoms with E-state index >= 15 is 0 Å². The van der Waals surface area contributed by atoms with Crippen molar-refractivity contribution in [3.05, 3.63) is 41.7 Å². The first-order valence-corrected chi connectivity index (χ1v) is 5.17. The van der Waals surface area contributed by atoms with Crippen LogP contribution in [0.4, 0.5) is 10.1 Å². The molecule has 0 spiro atoms. The highest BCUT2D eigenvalue weighted by Gasteiger charge is 2.16. The van der Waals surface area contributed by atoms with Crippen LogP contribution in [0.15, 0.2) is 30.4 Å². The van der Waals surface area contributed by atoms with Crippen molar-refractivity contribution in [3.8, 4) is 0 Å². The SMILES string of the molecule is Nc1cc(F)cc(C(=O)N2CC=CCC2)c1. The molecule has 0 aliphatic carbocycles. The van der Waals surface area contributed by atoms with Gasteiger partial charge in [-0.1, -0.05) is 12.2 Å². The van der Waals surface area contributed by atoms with Crippen molar-refractivity contribution in [2.24, 2.45) is 0 Å². The first-order chi connectivity index (χ1) is 7.66. The molecule has 0 atom stereocenters. The Hall–Kier alpha value is -1.84. The fraction of sp³-hybridized carbons (Fsp3) is 0.250. The number of nitrogen functional groups attached to an aromatic ring is 1. The summed E-state index contributed by atoms with van der Waals surface area (Å²) in [5.74, 6) is -0.647. The van der Waals surface area contributed by atoms with Gasteiger partial charge in [0, 0.05) is 24.3 Å². The number of carbonyl (C=O) groups is 1. The lowest BCUT2D eigenvalue weighted by Gasteiger charge is -2.23. The number of rotatable bonds is 1. The fourth-order valence-corrected chi connectivity index (χ4v) is 1.74. The van der Waals surface area contributed by atoms with Crippen LogP contribution in [0.1, 0.15) is 16.8 Å². The molecule has 1 heterocycles. The van der Waals surface area contributed by atoms with Crippen LogP contribution in [0, 0.1) is 5.82 Å². The van der Waals surface area contributed by atoms with Gasteiger partial charge in [0.1, 0.15) is 5.82 Å². The topological polar surface area (TPSA) is 46.3 Å². The largest absolute Gasteiger partial charge is 0.399 e. The predicted octanol–water partition coefficient (Wildman–Crippen LogP) is 1.81. The molecule has 0 unspecified atom stereocenters.